The summed E-state index contributed by atoms with van der Waals surface area (Å²) in [5.74, 6) is -29.3. The van der Waals surface area contributed by atoms with Gasteiger partial charge >= 0.3 is 0 Å². The molecule has 30 heteroatoms. The summed E-state index contributed by atoms with van der Waals surface area (Å²) < 4.78 is 245. The summed E-state index contributed by atoms with van der Waals surface area (Å²) in [5, 5.41) is 0. The maximum absolute atomic E-state index is 12.3. The standard InChI is InChI=1S/5C6H2F4S.5FH/c5*7-2-1-3(8)5(10)6(11)4(2)9;;;;;/h5*1,11H;5*1H. The average molecular weight is 1010 g/mol. The first kappa shape index (κ1) is 65.2. The van der Waals surface area contributed by atoms with Gasteiger partial charge in [-0.1, -0.05) is 0 Å². The highest BCUT2D eigenvalue weighted by molar-refractivity contribution is 7.81. The van der Waals surface area contributed by atoms with Gasteiger partial charge in [0, 0.05) is 30.3 Å². The van der Waals surface area contributed by atoms with Crippen LogP contribution in [0.5, 0.6) is 0 Å². The summed E-state index contributed by atoms with van der Waals surface area (Å²) in [6.07, 6.45) is 0. The topological polar surface area (TPSA) is 0 Å². The molecular formula is C30H15F25S5. The molecule has 0 N–H and O–H groups in total. The van der Waals surface area contributed by atoms with Crippen LogP contribution in [0.25, 0.3) is 0 Å². The zero-order chi connectivity index (χ0) is 43.0. The van der Waals surface area contributed by atoms with Crippen LogP contribution in [0.1, 0.15) is 0 Å². The van der Waals surface area contributed by atoms with Crippen molar-refractivity contribution in [3.63, 3.8) is 0 Å². The van der Waals surface area contributed by atoms with Gasteiger partial charge in [0.05, 0.1) is 24.5 Å². The minimum atomic E-state index is -1.48. The van der Waals surface area contributed by atoms with E-state index in [1.54, 1.807) is 0 Å². The molecule has 60 heavy (non-hydrogen) atoms. The first-order chi connectivity index (χ1) is 25.2. The van der Waals surface area contributed by atoms with E-state index in [0.29, 0.717) is 0 Å². The van der Waals surface area contributed by atoms with Crippen molar-refractivity contribution in [3.8, 4) is 0 Å². The maximum atomic E-state index is 12.3. The lowest BCUT2D eigenvalue weighted by Gasteiger charge is -1.98. The smallest absolute Gasteiger partial charge is 0.175 e. The summed E-state index contributed by atoms with van der Waals surface area (Å²) in [6.45, 7) is 0. The quantitative estimate of drug-likeness (QED) is 0.0570. The number of hydrogen-bond acceptors (Lipinski definition) is 5. The molecule has 0 amide bonds. The van der Waals surface area contributed by atoms with Crippen molar-refractivity contribution in [2.75, 3.05) is 0 Å². The van der Waals surface area contributed by atoms with Crippen LogP contribution in [0, 0.1) is 116 Å². The predicted molar refractivity (Wildman–Crippen MR) is 180 cm³/mol. The van der Waals surface area contributed by atoms with Gasteiger partial charge in [-0.05, 0) is 0 Å². The van der Waals surface area contributed by atoms with Crippen molar-refractivity contribution >= 4 is 63.1 Å². The van der Waals surface area contributed by atoms with E-state index in [2.05, 4.69) is 63.1 Å². The highest BCUT2D eigenvalue weighted by atomic mass is 32.1. The Labute approximate surface area is 344 Å². The van der Waals surface area contributed by atoms with Gasteiger partial charge in [-0.25, -0.2) is 87.8 Å². The van der Waals surface area contributed by atoms with Gasteiger partial charge in [-0.3, -0.25) is 23.5 Å². The van der Waals surface area contributed by atoms with Gasteiger partial charge in [0.1, 0.15) is 0 Å². The molecule has 0 bridgehead atoms. The Morgan fingerprint density at radius 1 is 0.183 bits per heavy atom. The van der Waals surface area contributed by atoms with Gasteiger partial charge in [-0.2, -0.15) is 0 Å². The molecule has 0 aliphatic carbocycles. The molecule has 0 heterocycles. The molecule has 0 unspecified atom stereocenters. The molecule has 0 radical (unpaired) electrons. The third-order valence-corrected chi connectivity index (χ3v) is 7.41. The van der Waals surface area contributed by atoms with E-state index in [1.807, 2.05) is 0 Å². The van der Waals surface area contributed by atoms with Crippen molar-refractivity contribution in [2.24, 2.45) is 0 Å². The van der Waals surface area contributed by atoms with Crippen LogP contribution in [0.3, 0.4) is 0 Å². The first-order valence-corrected chi connectivity index (χ1v) is 15.0. The second-order valence-electron chi connectivity index (χ2n) is 9.08. The van der Waals surface area contributed by atoms with Crippen LogP contribution >= 0.6 is 63.1 Å². The third-order valence-electron chi connectivity index (χ3n) is 5.44. The van der Waals surface area contributed by atoms with Crippen LogP contribution in [-0.2, 0) is 0 Å². The van der Waals surface area contributed by atoms with Gasteiger partial charge in [-0.15, -0.1) is 63.1 Å². The zero-order valence-corrected chi connectivity index (χ0v) is 31.7. The van der Waals surface area contributed by atoms with Crippen molar-refractivity contribution in [2.45, 2.75) is 24.5 Å². The van der Waals surface area contributed by atoms with Crippen LogP contribution in [0.4, 0.5) is 111 Å². The molecule has 0 fully saturated rings. The van der Waals surface area contributed by atoms with Gasteiger partial charge in [0.2, 0.25) is 0 Å². The van der Waals surface area contributed by atoms with E-state index in [9.17, 15) is 87.8 Å². The molecule has 0 aliphatic rings. The fraction of sp³-hybridized carbons (Fsp3) is 0. The molecule has 5 rings (SSSR count). The number of halogens is 25. The lowest BCUT2D eigenvalue weighted by atomic mass is 10.3. The van der Waals surface area contributed by atoms with Gasteiger partial charge in [0.15, 0.2) is 116 Å². The third kappa shape index (κ3) is 16.5. The lowest BCUT2D eigenvalue weighted by molar-refractivity contribution is 0.426. The van der Waals surface area contributed by atoms with E-state index in [-0.39, 0.29) is 53.9 Å². The minimum Gasteiger partial charge on any atom is -0.269 e. The zero-order valence-electron chi connectivity index (χ0n) is 27.2. The van der Waals surface area contributed by atoms with E-state index in [1.165, 1.54) is 0 Å². The summed E-state index contributed by atoms with van der Waals surface area (Å²) >= 11 is 16.1. The van der Waals surface area contributed by atoms with E-state index >= 15 is 0 Å². The van der Waals surface area contributed by atoms with Crippen molar-refractivity contribution < 1.29 is 111 Å². The minimum absolute atomic E-state index is 0. The average Bonchev–Trinajstić information content (AvgIpc) is 3.14. The van der Waals surface area contributed by atoms with Crippen molar-refractivity contribution in [3.05, 3.63) is 147 Å². The predicted octanol–water partition coefficient (Wildman–Crippen LogP) is 13.4. The maximum Gasteiger partial charge on any atom is 0.175 e. The molecule has 0 nitrogen and oxygen atoms in total. The number of hydrogen-bond donors (Lipinski definition) is 5. The fourth-order valence-electron chi connectivity index (χ4n) is 2.80. The number of thiol groups is 5. The van der Waals surface area contributed by atoms with E-state index in [4.69, 9.17) is 0 Å². The van der Waals surface area contributed by atoms with Crippen LogP contribution in [0.2, 0.25) is 0 Å². The molecule has 340 valence electrons. The summed E-state index contributed by atoms with van der Waals surface area (Å²) in [5.41, 5.74) is 0. The molecule has 0 atom stereocenters. The lowest BCUT2D eigenvalue weighted by Crippen LogP contribution is -1.94. The molecule has 0 aromatic heterocycles. The van der Waals surface area contributed by atoms with E-state index < -0.39 is 141 Å². The Morgan fingerprint density at radius 3 is 0.317 bits per heavy atom. The first-order valence-electron chi connectivity index (χ1n) is 12.8. The highest BCUT2D eigenvalue weighted by Gasteiger charge is 2.19. The molecule has 5 aromatic carbocycles. The van der Waals surface area contributed by atoms with Crippen molar-refractivity contribution in [1.82, 2.24) is 0 Å². The summed E-state index contributed by atoms with van der Waals surface area (Å²) in [7, 11) is 0. The summed E-state index contributed by atoms with van der Waals surface area (Å²) in [6, 6.07) is 0.647. The van der Waals surface area contributed by atoms with Gasteiger partial charge in [0.25, 0.3) is 0 Å². The number of benzene rings is 5. The largest absolute Gasteiger partial charge is 0.269 e. The second kappa shape index (κ2) is 27.8. The Balaban J connectivity index is -0.000000206. The van der Waals surface area contributed by atoms with Crippen molar-refractivity contribution in [1.29, 1.82) is 0 Å². The van der Waals surface area contributed by atoms with Gasteiger partial charge < -0.3 is 0 Å². The second-order valence-corrected chi connectivity index (χ2v) is 11.3. The Bertz CT molecular complexity index is 1720. The van der Waals surface area contributed by atoms with Crippen LogP contribution in [0.15, 0.2) is 54.8 Å². The Morgan fingerprint density at radius 2 is 0.250 bits per heavy atom. The molecular weight excluding hydrogens is 996 g/mol. The Hall–Kier alpha value is -3.90. The molecule has 5 aromatic rings. The molecule has 0 saturated carbocycles. The van der Waals surface area contributed by atoms with E-state index in [0.717, 1.165) is 0 Å². The van der Waals surface area contributed by atoms with Crippen LogP contribution in [-0.4, -0.2) is 0 Å². The fourth-order valence-corrected chi connectivity index (χ4v) is 3.87. The molecule has 0 aliphatic heterocycles. The molecule has 0 spiro atoms. The normalized spacial score (nSPS) is 9.42. The highest BCUT2D eigenvalue weighted by Crippen LogP contribution is 2.25. The SMILES string of the molecule is F.F.F.F.F.Fc1cc(F)c(F)c(S)c1F.Fc1cc(F)c(F)c(S)c1F.Fc1cc(F)c(F)c(S)c1F.Fc1cc(F)c(F)c(S)c1F.Fc1cc(F)c(F)c(S)c1F. The number of rotatable bonds is 0. The summed E-state index contributed by atoms with van der Waals surface area (Å²) in [4.78, 5) is -4.71. The monoisotopic (exact) mass is 1010 g/mol. The Kier molecular flexibility index (Phi) is 30.3. The van der Waals surface area contributed by atoms with Crippen LogP contribution < -0.4 is 0 Å². The molecule has 0 saturated heterocycles.